The zero-order valence-electron chi connectivity index (χ0n) is 6.18. The number of hydrogen-bond acceptors (Lipinski definition) is 1. The van der Waals surface area contributed by atoms with E-state index in [2.05, 4.69) is 0 Å². The maximum atomic E-state index is 5.60. The predicted molar refractivity (Wildman–Crippen MR) is 60.0 cm³/mol. The summed E-state index contributed by atoms with van der Waals surface area (Å²) in [6, 6.07) is 0. The van der Waals surface area contributed by atoms with E-state index < -0.39 is 13.2 Å². The molecule has 0 radical (unpaired) electrons. The first kappa shape index (κ1) is 13.9. The van der Waals surface area contributed by atoms with E-state index in [1.54, 1.807) is 0 Å². The minimum Gasteiger partial charge on any atom is -0.415 e. The van der Waals surface area contributed by atoms with Gasteiger partial charge in [-0.25, -0.2) is 0 Å². The summed E-state index contributed by atoms with van der Waals surface area (Å²) in [6.07, 6.45) is 0. The fourth-order valence-corrected chi connectivity index (χ4v) is 3.53. The Morgan fingerprint density at radius 2 is 1.17 bits per heavy atom. The molecule has 74 valence electrons. The van der Waals surface area contributed by atoms with E-state index in [9.17, 15) is 0 Å². The zero-order valence-corrected chi connectivity index (χ0v) is 12.7. The van der Waals surface area contributed by atoms with E-state index in [0.29, 0.717) is 10.5 Å². The van der Waals surface area contributed by atoms with Crippen molar-refractivity contribution in [1.82, 2.24) is 0 Å². The van der Waals surface area contributed by atoms with E-state index in [0.717, 1.165) is 0 Å². The number of hydrogen-bond donors (Lipinski definition) is 0. The predicted octanol–water partition coefficient (Wildman–Crippen LogP) is 2.78. The summed E-state index contributed by atoms with van der Waals surface area (Å²) in [5.74, 6) is 0. The van der Waals surface area contributed by atoms with Crippen molar-refractivity contribution in [3.05, 3.63) is 0 Å². The maximum Gasteiger partial charge on any atom is 0.221 e. The minimum absolute atomic E-state index is 0.302. The summed E-state index contributed by atoms with van der Waals surface area (Å²) >= 11 is 33.6. The largest absolute Gasteiger partial charge is 0.415 e. The van der Waals surface area contributed by atoms with Gasteiger partial charge in [0.15, 0.2) is 0 Å². The Morgan fingerprint density at radius 3 is 1.17 bits per heavy atom. The summed E-state index contributed by atoms with van der Waals surface area (Å²) in [5.41, 5.74) is -1.43. The van der Waals surface area contributed by atoms with Crippen molar-refractivity contribution in [1.29, 1.82) is 0 Å². The molecule has 0 aliphatic heterocycles. The van der Waals surface area contributed by atoms with Crippen LogP contribution in [0.4, 0.5) is 0 Å². The van der Waals surface area contributed by atoms with Crippen LogP contribution in [0.15, 0.2) is 0 Å². The number of alkyl halides is 6. The van der Waals surface area contributed by atoms with Gasteiger partial charge in [0, 0.05) is 0 Å². The van der Waals surface area contributed by atoms with Crippen molar-refractivity contribution in [2.24, 2.45) is 0 Å². The van der Waals surface area contributed by atoms with Crippen molar-refractivity contribution < 1.29 is 4.43 Å². The second-order valence-corrected chi connectivity index (χ2v) is 7.20. The maximum absolute atomic E-state index is 5.60. The van der Waals surface area contributed by atoms with Crippen molar-refractivity contribution in [2.75, 3.05) is 0 Å². The highest BCUT2D eigenvalue weighted by Gasteiger charge is 2.57. The van der Waals surface area contributed by atoms with Gasteiger partial charge in [0.2, 0.25) is 7.59 Å². The number of halogens is 6. The van der Waals surface area contributed by atoms with Gasteiger partial charge in [0.05, 0.1) is 0 Å². The first-order valence-electron chi connectivity index (χ1n) is 2.75. The van der Waals surface area contributed by atoms with Crippen molar-refractivity contribution in [3.63, 3.8) is 0 Å². The van der Waals surface area contributed by atoms with Crippen LogP contribution in [0, 0.1) is 0 Å². The Morgan fingerprint density at radius 1 is 0.917 bits per heavy atom. The Hall–Kier alpha value is 1.92. The Balaban J connectivity index is 4.95. The van der Waals surface area contributed by atoms with Crippen molar-refractivity contribution in [3.8, 4) is 0 Å². The highest BCUT2D eigenvalue weighted by molar-refractivity contribution is 6.73. The molecule has 0 bridgehead atoms. The highest BCUT2D eigenvalue weighted by atomic mass is 35.6. The molecule has 0 aliphatic rings. The van der Waals surface area contributed by atoms with E-state index in [1.807, 2.05) is 0 Å². The molecule has 0 amide bonds. The molecule has 0 aromatic carbocycles. The van der Waals surface area contributed by atoms with Crippen LogP contribution < -0.4 is 0 Å². The van der Waals surface area contributed by atoms with Gasteiger partial charge in [-0.1, -0.05) is 69.6 Å². The van der Waals surface area contributed by atoms with Crippen LogP contribution in [0.1, 0.15) is 6.92 Å². The molecule has 0 aromatic heterocycles. The van der Waals surface area contributed by atoms with Crippen LogP contribution in [0.25, 0.3) is 0 Å². The van der Waals surface area contributed by atoms with E-state index >= 15 is 0 Å². The van der Waals surface area contributed by atoms with Gasteiger partial charge in [-0.3, -0.25) is 0 Å². The lowest BCUT2D eigenvalue weighted by Crippen LogP contribution is -2.52. The van der Waals surface area contributed by atoms with Crippen LogP contribution in [0.3, 0.4) is 0 Å². The first-order valence-corrected chi connectivity index (χ1v) is 5.83. The highest BCUT2D eigenvalue weighted by Crippen LogP contribution is 2.52. The van der Waals surface area contributed by atoms with Crippen LogP contribution in [-0.2, 0) is 4.43 Å². The first-order chi connectivity index (χ1) is 5.06. The molecule has 0 saturated carbocycles. The quantitative estimate of drug-likeness (QED) is 0.534. The summed E-state index contributed by atoms with van der Waals surface area (Å²) < 4.78 is 1.46. The SMILES string of the molecule is CC(O[SiH3])(C(Cl)(Cl)Cl)C(Cl)(Cl)Cl. The molecular formula is C4H6Cl6OSi. The lowest BCUT2D eigenvalue weighted by molar-refractivity contribution is 0.110. The standard InChI is InChI=1S/C4H6Cl6OSi/c1-2(11-12,3(5,6)7)4(8,9)10/h1,12H3. The fourth-order valence-electron chi connectivity index (χ4n) is 0.392. The lowest BCUT2D eigenvalue weighted by atomic mass is 10.2. The van der Waals surface area contributed by atoms with Crippen LogP contribution in [0.5, 0.6) is 0 Å². The monoisotopic (exact) mass is 308 g/mol. The van der Waals surface area contributed by atoms with E-state index in [4.69, 9.17) is 74.0 Å². The van der Waals surface area contributed by atoms with Gasteiger partial charge < -0.3 is 4.43 Å². The second kappa shape index (κ2) is 4.19. The molecule has 0 heterocycles. The average molecular weight is 311 g/mol. The Kier molecular flexibility index (Phi) is 4.86. The smallest absolute Gasteiger partial charge is 0.221 e. The minimum atomic E-state index is -1.78. The Bertz CT molecular complexity index is 146. The summed E-state index contributed by atoms with van der Waals surface area (Å²) in [7, 11) is 0.302. The molecule has 0 fully saturated rings. The number of rotatable bonds is 1. The third-order valence-electron chi connectivity index (χ3n) is 1.49. The lowest BCUT2D eigenvalue weighted by Gasteiger charge is -2.40. The molecule has 0 rings (SSSR count). The van der Waals surface area contributed by atoms with Gasteiger partial charge in [0.1, 0.15) is 16.1 Å². The third kappa shape index (κ3) is 2.70. The van der Waals surface area contributed by atoms with Crippen molar-refractivity contribution in [2.45, 2.75) is 20.1 Å². The second-order valence-electron chi connectivity index (χ2n) is 2.23. The molecule has 0 spiro atoms. The summed E-state index contributed by atoms with van der Waals surface area (Å²) in [4.78, 5) is 0. The van der Waals surface area contributed by atoms with Crippen LogP contribution in [0.2, 0.25) is 0 Å². The molecule has 8 heteroatoms. The van der Waals surface area contributed by atoms with Crippen molar-refractivity contribution >= 4 is 80.1 Å². The average Bonchev–Trinajstić information content (AvgIpc) is 1.81. The topological polar surface area (TPSA) is 9.23 Å². The van der Waals surface area contributed by atoms with E-state index in [-0.39, 0.29) is 0 Å². The molecule has 0 unspecified atom stereocenters. The molecule has 0 atom stereocenters. The molecule has 0 aromatic rings. The van der Waals surface area contributed by atoms with Gasteiger partial charge in [-0.05, 0) is 6.92 Å². The Labute approximate surface area is 104 Å². The molecule has 1 nitrogen and oxygen atoms in total. The molecule has 0 aliphatic carbocycles. The third-order valence-corrected chi connectivity index (χ3v) is 4.47. The van der Waals surface area contributed by atoms with Gasteiger partial charge in [-0.2, -0.15) is 0 Å². The van der Waals surface area contributed by atoms with E-state index in [1.165, 1.54) is 6.92 Å². The zero-order chi connectivity index (χ0) is 10.2. The molecular weight excluding hydrogens is 305 g/mol. The summed E-state index contributed by atoms with van der Waals surface area (Å²) in [5, 5.41) is 0. The summed E-state index contributed by atoms with van der Waals surface area (Å²) in [6.45, 7) is 1.43. The van der Waals surface area contributed by atoms with Gasteiger partial charge in [-0.15, -0.1) is 0 Å². The normalized spacial score (nSPS) is 15.2. The molecule has 12 heavy (non-hydrogen) atoms. The molecule has 0 saturated heterocycles. The van der Waals surface area contributed by atoms with Gasteiger partial charge in [0.25, 0.3) is 0 Å². The van der Waals surface area contributed by atoms with Gasteiger partial charge >= 0.3 is 0 Å². The molecule has 0 N–H and O–H groups in total. The van der Waals surface area contributed by atoms with Crippen LogP contribution in [-0.4, -0.2) is 23.7 Å². The van der Waals surface area contributed by atoms with Crippen LogP contribution >= 0.6 is 69.6 Å². The fraction of sp³-hybridized carbons (Fsp3) is 1.00.